The average molecular weight is 207 g/mol. The Labute approximate surface area is 79.3 Å². The first-order chi connectivity index (χ1) is 5.96. The fourth-order valence-corrected chi connectivity index (χ4v) is 3.16. The highest BCUT2D eigenvalue weighted by atomic mass is 32.2. The molecule has 0 spiro atoms. The van der Waals surface area contributed by atoms with Crippen LogP contribution in [0.25, 0.3) is 0 Å². The second kappa shape index (κ2) is 3.91. The molecule has 1 aliphatic rings. The summed E-state index contributed by atoms with van der Waals surface area (Å²) in [4.78, 5) is 0. The molecular weight excluding hydrogens is 190 g/mol. The minimum atomic E-state index is -3.58. The Balaban J connectivity index is 2.86. The smallest absolute Gasteiger partial charge is 0.277 e. The summed E-state index contributed by atoms with van der Waals surface area (Å²) in [5, 5.41) is 5.11. The van der Waals surface area contributed by atoms with Crippen molar-refractivity contribution in [2.24, 2.45) is 10.9 Å². The van der Waals surface area contributed by atoms with E-state index < -0.39 is 10.2 Å². The van der Waals surface area contributed by atoms with Crippen molar-refractivity contribution >= 4 is 10.2 Å². The molecule has 2 atom stereocenters. The van der Waals surface area contributed by atoms with E-state index in [1.807, 2.05) is 6.92 Å². The number of hydrogen-bond acceptors (Lipinski definition) is 3. The summed E-state index contributed by atoms with van der Waals surface area (Å²) in [7, 11) is -3.58. The molecule has 5 nitrogen and oxygen atoms in total. The van der Waals surface area contributed by atoms with Crippen LogP contribution in [0.4, 0.5) is 0 Å². The van der Waals surface area contributed by atoms with Crippen LogP contribution in [0.1, 0.15) is 26.2 Å². The van der Waals surface area contributed by atoms with E-state index in [0.29, 0.717) is 6.54 Å². The molecule has 1 aliphatic heterocycles. The Morgan fingerprint density at radius 1 is 1.46 bits per heavy atom. The Bertz CT molecular complexity index is 265. The fourth-order valence-electron chi connectivity index (χ4n) is 1.94. The zero-order chi connectivity index (χ0) is 10.1. The zero-order valence-corrected chi connectivity index (χ0v) is 8.63. The summed E-state index contributed by atoms with van der Waals surface area (Å²) in [6.07, 6.45) is 2.71. The third-order valence-corrected chi connectivity index (χ3v) is 3.77. The Morgan fingerprint density at radius 3 is 2.46 bits per heavy atom. The van der Waals surface area contributed by atoms with Gasteiger partial charge < -0.3 is 5.73 Å². The Morgan fingerprint density at radius 2 is 2.08 bits per heavy atom. The molecule has 78 valence electrons. The molecule has 0 radical (unpaired) electrons. The van der Waals surface area contributed by atoms with Crippen LogP contribution in [0.2, 0.25) is 0 Å². The van der Waals surface area contributed by atoms with Gasteiger partial charge in [-0.15, -0.1) is 0 Å². The zero-order valence-electron chi connectivity index (χ0n) is 7.81. The van der Waals surface area contributed by atoms with Crippen molar-refractivity contribution in [3.05, 3.63) is 0 Å². The largest absolute Gasteiger partial charge is 0.329 e. The van der Waals surface area contributed by atoms with Crippen LogP contribution in [0.5, 0.6) is 0 Å². The lowest BCUT2D eigenvalue weighted by molar-refractivity contribution is 0.196. The van der Waals surface area contributed by atoms with Crippen LogP contribution in [-0.2, 0) is 10.2 Å². The highest BCUT2D eigenvalue weighted by molar-refractivity contribution is 7.86. The van der Waals surface area contributed by atoms with Crippen LogP contribution >= 0.6 is 0 Å². The molecule has 0 aromatic rings. The van der Waals surface area contributed by atoms with Crippen molar-refractivity contribution in [2.45, 2.75) is 38.3 Å². The van der Waals surface area contributed by atoms with Crippen LogP contribution in [0, 0.1) is 0 Å². The van der Waals surface area contributed by atoms with Gasteiger partial charge in [0, 0.05) is 18.6 Å². The molecule has 2 unspecified atom stereocenters. The van der Waals surface area contributed by atoms with Crippen molar-refractivity contribution in [1.82, 2.24) is 4.31 Å². The summed E-state index contributed by atoms with van der Waals surface area (Å²) in [6, 6.07) is -0.129. The predicted molar refractivity (Wildman–Crippen MR) is 51.1 cm³/mol. The third kappa shape index (κ3) is 2.40. The van der Waals surface area contributed by atoms with E-state index in [0.717, 1.165) is 19.3 Å². The monoisotopic (exact) mass is 207 g/mol. The number of piperidine rings is 1. The van der Waals surface area contributed by atoms with Gasteiger partial charge >= 0.3 is 0 Å². The maximum atomic E-state index is 11.2. The standard InChI is InChI=1S/C7H17N3O2S/c1-6-3-2-4-7(5-8)10(6)13(9,11)12/h6-7H,2-5,8H2,1H3,(H2,9,11,12). The maximum absolute atomic E-state index is 11.2. The van der Waals surface area contributed by atoms with Gasteiger partial charge in [-0.3, -0.25) is 0 Å². The number of nitrogens with zero attached hydrogens (tertiary/aromatic N) is 1. The summed E-state index contributed by atoms with van der Waals surface area (Å²) in [5.41, 5.74) is 5.49. The van der Waals surface area contributed by atoms with Gasteiger partial charge in [0.15, 0.2) is 0 Å². The van der Waals surface area contributed by atoms with Gasteiger partial charge in [0.1, 0.15) is 0 Å². The van der Waals surface area contributed by atoms with Crippen LogP contribution < -0.4 is 10.9 Å². The predicted octanol–water partition coefficient (Wildman–Crippen LogP) is -0.608. The number of nitrogens with two attached hydrogens (primary N) is 2. The highest BCUT2D eigenvalue weighted by Gasteiger charge is 2.33. The molecule has 1 heterocycles. The first-order valence-corrected chi connectivity index (χ1v) is 5.98. The summed E-state index contributed by atoms with van der Waals surface area (Å²) < 4.78 is 23.8. The molecule has 1 rings (SSSR count). The molecule has 0 bridgehead atoms. The average Bonchev–Trinajstić information content (AvgIpc) is 2.01. The molecule has 6 heteroatoms. The second-order valence-corrected chi connectivity index (χ2v) is 5.00. The lowest BCUT2D eigenvalue weighted by atomic mass is 10.00. The van der Waals surface area contributed by atoms with Gasteiger partial charge in [-0.2, -0.15) is 12.7 Å². The molecule has 0 saturated carbocycles. The number of rotatable bonds is 2. The summed E-state index contributed by atoms with van der Waals surface area (Å²) >= 11 is 0. The summed E-state index contributed by atoms with van der Waals surface area (Å²) in [6.45, 7) is 2.22. The third-order valence-electron chi connectivity index (χ3n) is 2.52. The lowest BCUT2D eigenvalue weighted by Crippen LogP contribution is -2.54. The SMILES string of the molecule is CC1CCCC(CN)N1S(N)(=O)=O. The number of hydrogen-bond donors (Lipinski definition) is 2. The van der Waals surface area contributed by atoms with E-state index >= 15 is 0 Å². The Kier molecular flexibility index (Phi) is 3.28. The minimum Gasteiger partial charge on any atom is -0.329 e. The lowest BCUT2D eigenvalue weighted by Gasteiger charge is -2.37. The van der Waals surface area contributed by atoms with E-state index in [1.165, 1.54) is 4.31 Å². The van der Waals surface area contributed by atoms with Crippen LogP contribution in [0.15, 0.2) is 0 Å². The van der Waals surface area contributed by atoms with Gasteiger partial charge in [0.05, 0.1) is 0 Å². The van der Waals surface area contributed by atoms with Crippen molar-refractivity contribution in [2.75, 3.05) is 6.54 Å². The molecule has 4 N–H and O–H groups in total. The molecule has 0 aromatic heterocycles. The van der Waals surface area contributed by atoms with E-state index in [2.05, 4.69) is 0 Å². The van der Waals surface area contributed by atoms with E-state index in [4.69, 9.17) is 10.9 Å². The van der Waals surface area contributed by atoms with Gasteiger partial charge in [-0.1, -0.05) is 6.42 Å². The van der Waals surface area contributed by atoms with Gasteiger partial charge in [0.25, 0.3) is 10.2 Å². The first kappa shape index (κ1) is 10.9. The fraction of sp³-hybridized carbons (Fsp3) is 1.00. The van der Waals surface area contributed by atoms with E-state index in [1.54, 1.807) is 0 Å². The van der Waals surface area contributed by atoms with Crippen molar-refractivity contribution in [3.8, 4) is 0 Å². The van der Waals surface area contributed by atoms with Gasteiger partial charge in [0.2, 0.25) is 0 Å². The topological polar surface area (TPSA) is 89.4 Å². The molecule has 0 amide bonds. The highest BCUT2D eigenvalue weighted by Crippen LogP contribution is 2.23. The minimum absolute atomic E-state index is 0.0164. The molecule has 13 heavy (non-hydrogen) atoms. The summed E-state index contributed by atoms with van der Waals surface area (Å²) in [5.74, 6) is 0. The van der Waals surface area contributed by atoms with Crippen LogP contribution in [-0.4, -0.2) is 31.4 Å². The molecule has 0 aromatic carbocycles. The molecule has 1 saturated heterocycles. The molecule has 0 aliphatic carbocycles. The molecule has 1 fully saturated rings. The molecular formula is C7H17N3O2S. The van der Waals surface area contributed by atoms with Gasteiger partial charge in [-0.05, 0) is 19.8 Å². The second-order valence-electron chi connectivity index (χ2n) is 3.54. The van der Waals surface area contributed by atoms with E-state index in [-0.39, 0.29) is 12.1 Å². The van der Waals surface area contributed by atoms with E-state index in [9.17, 15) is 8.42 Å². The Hall–Kier alpha value is -0.170. The first-order valence-electron chi connectivity index (χ1n) is 4.48. The van der Waals surface area contributed by atoms with Crippen molar-refractivity contribution < 1.29 is 8.42 Å². The maximum Gasteiger partial charge on any atom is 0.277 e. The van der Waals surface area contributed by atoms with Crippen molar-refractivity contribution in [1.29, 1.82) is 0 Å². The quantitative estimate of drug-likeness (QED) is 0.633. The van der Waals surface area contributed by atoms with Gasteiger partial charge in [-0.25, -0.2) is 5.14 Å². The van der Waals surface area contributed by atoms with Crippen molar-refractivity contribution in [3.63, 3.8) is 0 Å². The van der Waals surface area contributed by atoms with Crippen LogP contribution in [0.3, 0.4) is 0 Å². The normalized spacial score (nSPS) is 31.9.